The number of rotatable bonds is 8. The van der Waals surface area contributed by atoms with Gasteiger partial charge in [0, 0.05) is 30.0 Å². The van der Waals surface area contributed by atoms with Crippen LogP contribution >= 0.6 is 11.6 Å². The fraction of sp³-hybridized carbons (Fsp3) is 0.333. The Morgan fingerprint density at radius 3 is 2.57 bits per heavy atom. The van der Waals surface area contributed by atoms with E-state index in [-0.39, 0.29) is 11.9 Å². The number of halogens is 1. The van der Waals surface area contributed by atoms with E-state index in [1.165, 1.54) is 18.4 Å². The maximum atomic E-state index is 12.5. The zero-order valence-electron chi connectivity index (χ0n) is 16.9. The van der Waals surface area contributed by atoms with Crippen LogP contribution in [0.3, 0.4) is 0 Å². The average Bonchev–Trinajstić information content (AvgIpc) is 3.46. The van der Waals surface area contributed by atoms with Crippen molar-refractivity contribution >= 4 is 17.5 Å². The second kappa shape index (κ2) is 9.92. The lowest BCUT2D eigenvalue weighted by atomic mass is 10.1. The highest BCUT2D eigenvalue weighted by molar-refractivity contribution is 6.30. The van der Waals surface area contributed by atoms with Crippen molar-refractivity contribution in [3.8, 4) is 11.3 Å². The molecule has 5 nitrogen and oxygen atoms in total. The zero-order chi connectivity index (χ0) is 20.8. The number of aryl methyl sites for hydroxylation is 1. The molecule has 1 aromatic heterocycles. The Morgan fingerprint density at radius 1 is 1.10 bits per heavy atom. The second-order valence-corrected chi connectivity index (χ2v) is 8.04. The predicted molar refractivity (Wildman–Crippen MR) is 118 cm³/mol. The first-order chi connectivity index (χ1) is 14.7. The second-order valence-electron chi connectivity index (χ2n) is 7.60. The van der Waals surface area contributed by atoms with Crippen LogP contribution in [0, 0.1) is 0 Å². The third-order valence-electron chi connectivity index (χ3n) is 5.51. The van der Waals surface area contributed by atoms with Crippen molar-refractivity contribution in [3.63, 3.8) is 0 Å². The van der Waals surface area contributed by atoms with Crippen LogP contribution < -0.4 is 5.32 Å². The van der Waals surface area contributed by atoms with Gasteiger partial charge in [0.05, 0.1) is 12.2 Å². The monoisotopic (exact) mass is 423 g/mol. The van der Waals surface area contributed by atoms with E-state index >= 15 is 0 Å². The maximum Gasteiger partial charge on any atom is 0.220 e. The van der Waals surface area contributed by atoms with Crippen molar-refractivity contribution in [2.24, 2.45) is 0 Å². The van der Waals surface area contributed by atoms with Crippen molar-refractivity contribution in [3.05, 3.63) is 77.3 Å². The lowest BCUT2D eigenvalue weighted by molar-refractivity contribution is -0.121. The fourth-order valence-corrected chi connectivity index (χ4v) is 4.01. The molecule has 6 heteroatoms. The normalized spacial score (nSPS) is 15.2. The molecule has 4 rings (SSSR count). The van der Waals surface area contributed by atoms with E-state index in [1.807, 2.05) is 30.3 Å². The van der Waals surface area contributed by atoms with Crippen molar-refractivity contribution < 1.29 is 9.21 Å². The summed E-state index contributed by atoms with van der Waals surface area (Å²) in [5.41, 5.74) is 2.17. The first-order valence-corrected chi connectivity index (χ1v) is 10.8. The van der Waals surface area contributed by atoms with Gasteiger partial charge in [-0.3, -0.25) is 9.69 Å². The number of carbonyl (C=O) groups excluding carboxylic acids is 1. The van der Waals surface area contributed by atoms with Crippen molar-refractivity contribution in [1.29, 1.82) is 0 Å². The number of hydrogen-bond donors (Lipinski definition) is 1. The molecule has 0 unspecified atom stereocenters. The number of hydrogen-bond acceptors (Lipinski definition) is 4. The molecule has 30 heavy (non-hydrogen) atoms. The van der Waals surface area contributed by atoms with Gasteiger partial charge < -0.3 is 9.73 Å². The highest BCUT2D eigenvalue weighted by Gasteiger charge is 2.23. The molecule has 1 atom stereocenters. The van der Waals surface area contributed by atoms with E-state index < -0.39 is 0 Å². The van der Waals surface area contributed by atoms with Gasteiger partial charge in [-0.1, -0.05) is 41.9 Å². The summed E-state index contributed by atoms with van der Waals surface area (Å²) < 4.78 is 5.79. The summed E-state index contributed by atoms with van der Waals surface area (Å²) in [6.45, 7) is 2.78. The van der Waals surface area contributed by atoms with Gasteiger partial charge in [-0.15, -0.1) is 0 Å². The minimum atomic E-state index is 0.0152. The van der Waals surface area contributed by atoms with E-state index in [0.717, 1.165) is 18.7 Å². The first kappa shape index (κ1) is 20.6. The number of nitrogens with zero attached hydrogens (tertiary/aromatic N) is 2. The highest BCUT2D eigenvalue weighted by Crippen LogP contribution is 2.25. The van der Waals surface area contributed by atoms with Gasteiger partial charge >= 0.3 is 0 Å². The van der Waals surface area contributed by atoms with E-state index in [0.29, 0.717) is 36.1 Å². The molecule has 0 radical (unpaired) electrons. The van der Waals surface area contributed by atoms with Crippen LogP contribution in [0.5, 0.6) is 0 Å². The summed E-state index contributed by atoms with van der Waals surface area (Å²) in [5, 5.41) is 3.79. The summed E-state index contributed by atoms with van der Waals surface area (Å²) in [6.07, 6.45) is 4.95. The zero-order valence-corrected chi connectivity index (χ0v) is 17.6. The molecule has 1 saturated heterocycles. The Labute approximate surface area is 182 Å². The number of aromatic nitrogens is 1. The Kier molecular flexibility index (Phi) is 6.82. The summed E-state index contributed by atoms with van der Waals surface area (Å²) >= 11 is 5.93. The van der Waals surface area contributed by atoms with E-state index in [9.17, 15) is 4.79 Å². The van der Waals surface area contributed by atoms with E-state index in [4.69, 9.17) is 16.0 Å². The molecule has 0 spiro atoms. The topological polar surface area (TPSA) is 58.4 Å². The molecule has 156 valence electrons. The van der Waals surface area contributed by atoms with Crippen LogP contribution in [-0.4, -0.2) is 35.4 Å². The van der Waals surface area contributed by atoms with Crippen molar-refractivity contribution in [1.82, 2.24) is 15.2 Å². The average molecular weight is 424 g/mol. The molecule has 0 bridgehead atoms. The highest BCUT2D eigenvalue weighted by atomic mass is 35.5. The molecule has 2 aromatic carbocycles. The van der Waals surface area contributed by atoms with Gasteiger partial charge in [0.1, 0.15) is 0 Å². The molecule has 3 aromatic rings. The molecular formula is C24H26ClN3O2. The van der Waals surface area contributed by atoms with Gasteiger partial charge in [0.25, 0.3) is 0 Å². The van der Waals surface area contributed by atoms with Gasteiger partial charge in [-0.2, -0.15) is 0 Å². The number of likely N-dealkylation sites (tertiary alicyclic amines) is 1. The molecule has 0 aliphatic carbocycles. The Bertz CT molecular complexity index is 950. The van der Waals surface area contributed by atoms with Crippen LogP contribution in [0.15, 0.2) is 65.2 Å². The summed E-state index contributed by atoms with van der Waals surface area (Å²) in [7, 11) is 0. The SMILES string of the molecule is O=C(CCc1ncc(-c2ccc(Cl)cc2)o1)NC[C@H](c1ccccc1)N1CCCC1. The third kappa shape index (κ3) is 5.29. The molecule has 1 amide bonds. The minimum Gasteiger partial charge on any atom is -0.441 e. The lowest BCUT2D eigenvalue weighted by Crippen LogP contribution is -2.36. The molecule has 1 N–H and O–H groups in total. The maximum absolute atomic E-state index is 12.5. The quantitative estimate of drug-likeness (QED) is 0.561. The largest absolute Gasteiger partial charge is 0.441 e. The fourth-order valence-electron chi connectivity index (χ4n) is 3.88. The number of benzene rings is 2. The molecular weight excluding hydrogens is 398 g/mol. The van der Waals surface area contributed by atoms with Gasteiger partial charge in [0.2, 0.25) is 5.91 Å². The Balaban J connectivity index is 1.30. The minimum absolute atomic E-state index is 0.0152. The first-order valence-electron chi connectivity index (χ1n) is 10.5. The van der Waals surface area contributed by atoms with Gasteiger partial charge in [0.15, 0.2) is 11.7 Å². The summed E-state index contributed by atoms with van der Waals surface area (Å²) in [6, 6.07) is 18.0. The van der Waals surface area contributed by atoms with Crippen LogP contribution in [0.4, 0.5) is 0 Å². The smallest absolute Gasteiger partial charge is 0.220 e. The molecule has 2 heterocycles. The van der Waals surface area contributed by atoms with E-state index in [1.54, 1.807) is 6.20 Å². The summed E-state index contributed by atoms with van der Waals surface area (Å²) in [5.74, 6) is 1.26. The molecule has 1 fully saturated rings. The van der Waals surface area contributed by atoms with Crippen molar-refractivity contribution in [2.45, 2.75) is 31.7 Å². The number of nitrogens with one attached hydrogen (secondary N) is 1. The molecule has 1 aliphatic heterocycles. The predicted octanol–water partition coefficient (Wildman–Crippen LogP) is 4.88. The standard InChI is InChI=1S/C24H26ClN3O2/c25-20-10-8-19(9-11-20)22-17-27-24(30-22)13-12-23(29)26-16-21(28-14-4-5-15-28)18-6-2-1-3-7-18/h1-3,6-11,17,21H,4-5,12-16H2,(H,26,29)/t21-/m1/s1. The van der Waals surface area contributed by atoms with Gasteiger partial charge in [-0.25, -0.2) is 4.98 Å². The summed E-state index contributed by atoms with van der Waals surface area (Å²) in [4.78, 5) is 19.2. The van der Waals surface area contributed by atoms with Crippen LogP contribution in [0.25, 0.3) is 11.3 Å². The van der Waals surface area contributed by atoms with Gasteiger partial charge in [-0.05, 0) is 55.8 Å². The Hall–Kier alpha value is -2.63. The molecule has 1 aliphatic rings. The van der Waals surface area contributed by atoms with Crippen LogP contribution in [0.2, 0.25) is 5.02 Å². The number of oxazole rings is 1. The number of amides is 1. The van der Waals surface area contributed by atoms with Crippen molar-refractivity contribution in [2.75, 3.05) is 19.6 Å². The lowest BCUT2D eigenvalue weighted by Gasteiger charge is -2.28. The van der Waals surface area contributed by atoms with Crippen LogP contribution in [0.1, 0.15) is 36.8 Å². The molecule has 0 saturated carbocycles. The van der Waals surface area contributed by atoms with Crippen LogP contribution in [-0.2, 0) is 11.2 Å². The Morgan fingerprint density at radius 2 is 1.83 bits per heavy atom. The van der Waals surface area contributed by atoms with E-state index in [2.05, 4.69) is 39.5 Å². The third-order valence-corrected chi connectivity index (χ3v) is 5.76. The number of carbonyl (C=O) groups is 1.